The van der Waals surface area contributed by atoms with Crippen LogP contribution in [0.15, 0.2) is 30.3 Å². The Hall–Kier alpha value is -1.89. The third-order valence-electron chi connectivity index (χ3n) is 5.26. The second kappa shape index (κ2) is 8.66. The molecule has 2 aliphatic heterocycles. The number of piperidine rings is 1. The molecule has 142 valence electrons. The van der Waals surface area contributed by atoms with Gasteiger partial charge in [0.1, 0.15) is 5.75 Å². The van der Waals surface area contributed by atoms with Crippen molar-refractivity contribution >= 4 is 12.0 Å². The van der Waals surface area contributed by atoms with Crippen LogP contribution < -0.4 is 10.5 Å². The molecule has 0 saturated carbocycles. The average molecular weight is 359 g/mol. The van der Waals surface area contributed by atoms with Crippen LogP contribution in [0.2, 0.25) is 0 Å². The fourth-order valence-electron chi connectivity index (χ4n) is 3.78. The number of benzene rings is 1. The van der Waals surface area contributed by atoms with E-state index in [0.29, 0.717) is 13.2 Å². The quantitative estimate of drug-likeness (QED) is 0.831. The minimum Gasteiger partial charge on any atom is -0.497 e. The first-order valence-corrected chi connectivity index (χ1v) is 9.26. The standard InChI is InChI=1S/C20H29N3O3/c1-25-18-6-4-17(5-7-18)3-2-10-22-11-8-20(9-12-22)16-23(13-14-26-20)15-19(21)24/h2-7H,8-16H2,1H3,(H2,21,24). The van der Waals surface area contributed by atoms with Crippen LogP contribution >= 0.6 is 0 Å². The highest BCUT2D eigenvalue weighted by Crippen LogP contribution is 2.30. The summed E-state index contributed by atoms with van der Waals surface area (Å²) in [6, 6.07) is 8.07. The summed E-state index contributed by atoms with van der Waals surface area (Å²) in [5, 5.41) is 0. The molecule has 26 heavy (non-hydrogen) atoms. The number of methoxy groups -OCH3 is 1. The lowest BCUT2D eigenvalue weighted by atomic mass is 9.89. The van der Waals surface area contributed by atoms with Gasteiger partial charge in [-0.3, -0.25) is 14.6 Å². The molecule has 1 aromatic rings. The number of likely N-dealkylation sites (tertiary alicyclic amines) is 1. The molecule has 0 bridgehead atoms. The Morgan fingerprint density at radius 1 is 1.23 bits per heavy atom. The molecule has 0 radical (unpaired) electrons. The molecule has 0 unspecified atom stereocenters. The number of hydrogen-bond acceptors (Lipinski definition) is 5. The van der Waals surface area contributed by atoms with Crippen molar-refractivity contribution in [2.45, 2.75) is 18.4 Å². The number of nitrogens with zero attached hydrogens (tertiary/aromatic N) is 2. The third-order valence-corrected chi connectivity index (χ3v) is 5.26. The zero-order valence-corrected chi connectivity index (χ0v) is 15.5. The predicted molar refractivity (Wildman–Crippen MR) is 102 cm³/mol. The van der Waals surface area contributed by atoms with Crippen molar-refractivity contribution in [3.8, 4) is 5.75 Å². The SMILES string of the molecule is COc1ccc(C=CCN2CCC3(CC2)CN(CC(N)=O)CCO3)cc1. The summed E-state index contributed by atoms with van der Waals surface area (Å²) in [5.41, 5.74) is 6.41. The van der Waals surface area contributed by atoms with Gasteiger partial charge in [0, 0.05) is 32.7 Å². The average Bonchev–Trinajstić information content (AvgIpc) is 2.64. The molecule has 0 aromatic heterocycles. The highest BCUT2D eigenvalue weighted by molar-refractivity contribution is 5.75. The van der Waals surface area contributed by atoms with Crippen molar-refractivity contribution in [3.63, 3.8) is 0 Å². The molecule has 3 rings (SSSR count). The zero-order valence-electron chi connectivity index (χ0n) is 15.5. The number of carbonyl (C=O) groups is 1. The van der Waals surface area contributed by atoms with Gasteiger partial charge >= 0.3 is 0 Å². The molecule has 2 saturated heterocycles. The summed E-state index contributed by atoms with van der Waals surface area (Å²) in [6.45, 7) is 5.58. The fraction of sp³-hybridized carbons (Fsp3) is 0.550. The molecule has 2 aliphatic rings. The third kappa shape index (κ3) is 5.06. The minimum absolute atomic E-state index is 0.107. The lowest BCUT2D eigenvalue weighted by Crippen LogP contribution is -2.57. The summed E-state index contributed by atoms with van der Waals surface area (Å²) < 4.78 is 11.3. The van der Waals surface area contributed by atoms with Gasteiger partial charge < -0.3 is 15.2 Å². The summed E-state index contributed by atoms with van der Waals surface area (Å²) in [4.78, 5) is 15.8. The molecular weight excluding hydrogens is 330 g/mol. The van der Waals surface area contributed by atoms with Gasteiger partial charge in [0.2, 0.25) is 5.91 Å². The van der Waals surface area contributed by atoms with Crippen LogP contribution in [0.5, 0.6) is 5.75 Å². The van der Waals surface area contributed by atoms with Gasteiger partial charge in [0.25, 0.3) is 0 Å². The number of nitrogens with two attached hydrogens (primary N) is 1. The zero-order chi connectivity index (χ0) is 18.4. The summed E-state index contributed by atoms with van der Waals surface area (Å²) in [5.74, 6) is 0.615. The van der Waals surface area contributed by atoms with E-state index in [0.717, 1.165) is 51.3 Å². The van der Waals surface area contributed by atoms with Gasteiger partial charge in [-0.2, -0.15) is 0 Å². The summed E-state index contributed by atoms with van der Waals surface area (Å²) in [6.07, 6.45) is 6.35. The van der Waals surface area contributed by atoms with Crippen LogP contribution in [-0.2, 0) is 9.53 Å². The first-order valence-electron chi connectivity index (χ1n) is 9.26. The lowest BCUT2D eigenvalue weighted by molar-refractivity contribution is -0.141. The smallest absolute Gasteiger partial charge is 0.231 e. The van der Waals surface area contributed by atoms with Crippen molar-refractivity contribution in [1.29, 1.82) is 0 Å². The second-order valence-electron chi connectivity index (χ2n) is 7.18. The number of ether oxygens (including phenoxy) is 2. The van der Waals surface area contributed by atoms with Gasteiger partial charge in [-0.25, -0.2) is 0 Å². The van der Waals surface area contributed by atoms with Gasteiger partial charge in [-0.15, -0.1) is 0 Å². The minimum atomic E-state index is -0.261. The highest BCUT2D eigenvalue weighted by Gasteiger charge is 2.39. The van der Waals surface area contributed by atoms with Crippen molar-refractivity contribution in [3.05, 3.63) is 35.9 Å². The van der Waals surface area contributed by atoms with Gasteiger partial charge in [0.15, 0.2) is 0 Å². The molecule has 1 spiro atoms. The van der Waals surface area contributed by atoms with E-state index in [4.69, 9.17) is 15.2 Å². The highest BCUT2D eigenvalue weighted by atomic mass is 16.5. The Labute approximate surface area is 155 Å². The fourth-order valence-corrected chi connectivity index (χ4v) is 3.78. The molecule has 2 heterocycles. The lowest BCUT2D eigenvalue weighted by Gasteiger charge is -2.47. The molecule has 0 aliphatic carbocycles. The normalized spacial score (nSPS) is 21.3. The van der Waals surface area contributed by atoms with Crippen molar-refractivity contribution in [2.75, 3.05) is 53.0 Å². The van der Waals surface area contributed by atoms with E-state index in [1.165, 1.54) is 5.56 Å². The number of primary amides is 1. The molecular formula is C20H29N3O3. The number of morpholine rings is 1. The van der Waals surface area contributed by atoms with Crippen LogP contribution in [0.25, 0.3) is 6.08 Å². The molecule has 1 amide bonds. The molecule has 6 nitrogen and oxygen atoms in total. The number of rotatable bonds is 6. The molecule has 2 N–H and O–H groups in total. The first kappa shape index (κ1) is 18.9. The Morgan fingerprint density at radius 2 is 1.96 bits per heavy atom. The van der Waals surface area contributed by atoms with Crippen LogP contribution in [-0.4, -0.2) is 74.3 Å². The molecule has 0 atom stereocenters. The second-order valence-corrected chi connectivity index (χ2v) is 7.18. The molecule has 6 heteroatoms. The van der Waals surface area contributed by atoms with Crippen LogP contribution in [0.1, 0.15) is 18.4 Å². The maximum absolute atomic E-state index is 11.2. The Morgan fingerprint density at radius 3 is 2.62 bits per heavy atom. The maximum Gasteiger partial charge on any atom is 0.231 e. The van der Waals surface area contributed by atoms with E-state index in [1.54, 1.807) is 7.11 Å². The Kier molecular flexibility index (Phi) is 6.29. The van der Waals surface area contributed by atoms with E-state index >= 15 is 0 Å². The molecule has 1 aromatic carbocycles. The van der Waals surface area contributed by atoms with E-state index in [2.05, 4.69) is 34.1 Å². The van der Waals surface area contributed by atoms with Gasteiger partial charge in [-0.1, -0.05) is 24.3 Å². The number of carbonyl (C=O) groups excluding carboxylic acids is 1. The van der Waals surface area contributed by atoms with Gasteiger partial charge in [-0.05, 0) is 30.5 Å². The predicted octanol–water partition coefficient (Wildman–Crippen LogP) is 1.36. The molecule has 2 fully saturated rings. The van der Waals surface area contributed by atoms with Crippen molar-refractivity contribution in [1.82, 2.24) is 9.80 Å². The first-order chi connectivity index (χ1) is 12.6. The van der Waals surface area contributed by atoms with Gasteiger partial charge in [0.05, 0.1) is 25.9 Å². The van der Waals surface area contributed by atoms with Crippen molar-refractivity contribution < 1.29 is 14.3 Å². The monoisotopic (exact) mass is 359 g/mol. The van der Waals surface area contributed by atoms with E-state index in [-0.39, 0.29) is 11.5 Å². The van der Waals surface area contributed by atoms with E-state index in [9.17, 15) is 4.79 Å². The van der Waals surface area contributed by atoms with Crippen LogP contribution in [0, 0.1) is 0 Å². The Bertz CT molecular complexity index is 622. The summed E-state index contributed by atoms with van der Waals surface area (Å²) >= 11 is 0. The summed E-state index contributed by atoms with van der Waals surface area (Å²) in [7, 11) is 1.68. The largest absolute Gasteiger partial charge is 0.497 e. The van der Waals surface area contributed by atoms with E-state index in [1.807, 2.05) is 12.1 Å². The van der Waals surface area contributed by atoms with Crippen LogP contribution in [0.4, 0.5) is 0 Å². The topological polar surface area (TPSA) is 68.0 Å². The van der Waals surface area contributed by atoms with E-state index < -0.39 is 0 Å². The Balaban J connectivity index is 1.45. The van der Waals surface area contributed by atoms with Crippen LogP contribution in [0.3, 0.4) is 0 Å². The number of hydrogen-bond donors (Lipinski definition) is 1. The maximum atomic E-state index is 11.2. The number of amides is 1. The van der Waals surface area contributed by atoms with Crippen molar-refractivity contribution in [2.24, 2.45) is 5.73 Å².